The first kappa shape index (κ1) is 14.6. The summed E-state index contributed by atoms with van der Waals surface area (Å²) in [7, 11) is 0. The molecular weight excluding hydrogens is 250 g/mol. The Bertz CT molecular complexity index is 376. The van der Waals surface area contributed by atoms with Crippen LogP contribution in [0.1, 0.15) is 27.2 Å². The molecular formula is C11H14F2O5. The molecule has 0 aromatic rings. The Balaban J connectivity index is 2.87. The third-order valence-corrected chi connectivity index (χ3v) is 2.40. The maximum atomic E-state index is 12.6. The minimum atomic E-state index is -1.87. The van der Waals surface area contributed by atoms with Gasteiger partial charge in [-0.1, -0.05) is 0 Å². The van der Waals surface area contributed by atoms with E-state index >= 15 is 0 Å². The minimum absolute atomic E-state index is 0.221. The van der Waals surface area contributed by atoms with E-state index in [1.807, 2.05) is 0 Å². The average Bonchev–Trinajstić information content (AvgIpc) is 2.19. The fourth-order valence-electron chi connectivity index (χ4n) is 1.66. The first-order chi connectivity index (χ1) is 8.31. The summed E-state index contributed by atoms with van der Waals surface area (Å²) in [5, 5.41) is 0. The predicted octanol–water partition coefficient (Wildman–Crippen LogP) is 1.77. The van der Waals surface area contributed by atoms with Crippen molar-refractivity contribution in [1.29, 1.82) is 0 Å². The van der Waals surface area contributed by atoms with E-state index in [2.05, 4.69) is 0 Å². The zero-order valence-corrected chi connectivity index (χ0v) is 10.2. The molecule has 3 atom stereocenters. The molecule has 1 aliphatic rings. The molecule has 102 valence electrons. The van der Waals surface area contributed by atoms with Crippen LogP contribution in [-0.4, -0.2) is 30.4 Å². The van der Waals surface area contributed by atoms with Gasteiger partial charge in [0.05, 0.1) is 6.10 Å². The molecule has 0 aromatic carbocycles. The zero-order valence-electron chi connectivity index (χ0n) is 10.2. The minimum Gasteiger partial charge on any atom is -0.456 e. The highest BCUT2D eigenvalue weighted by atomic mass is 19.3. The summed E-state index contributed by atoms with van der Waals surface area (Å²) in [6.07, 6.45) is -5.21. The van der Waals surface area contributed by atoms with Gasteiger partial charge in [0, 0.05) is 25.8 Å². The number of carbonyl (C=O) groups is 2. The number of hydrogen-bond donors (Lipinski definition) is 0. The molecule has 18 heavy (non-hydrogen) atoms. The Morgan fingerprint density at radius 3 is 2.22 bits per heavy atom. The van der Waals surface area contributed by atoms with Crippen molar-refractivity contribution in [2.75, 3.05) is 0 Å². The zero-order chi connectivity index (χ0) is 13.9. The monoisotopic (exact) mass is 264 g/mol. The van der Waals surface area contributed by atoms with Gasteiger partial charge < -0.3 is 14.2 Å². The van der Waals surface area contributed by atoms with Crippen LogP contribution in [-0.2, 0) is 23.8 Å². The smallest absolute Gasteiger partial charge is 0.305 e. The number of rotatable bonds is 2. The highest BCUT2D eigenvalue weighted by molar-refractivity contribution is 5.67. The second kappa shape index (κ2) is 5.90. The summed E-state index contributed by atoms with van der Waals surface area (Å²) in [5.41, 5.74) is -0.260. The van der Waals surface area contributed by atoms with E-state index in [0.717, 1.165) is 13.8 Å². The van der Waals surface area contributed by atoms with Gasteiger partial charge in [0.1, 0.15) is 0 Å². The third-order valence-electron chi connectivity index (χ3n) is 2.40. The molecule has 1 unspecified atom stereocenters. The van der Waals surface area contributed by atoms with Gasteiger partial charge in [-0.2, -0.15) is 8.78 Å². The van der Waals surface area contributed by atoms with E-state index in [4.69, 9.17) is 14.2 Å². The van der Waals surface area contributed by atoms with Gasteiger partial charge in [-0.15, -0.1) is 0 Å². The van der Waals surface area contributed by atoms with Crippen molar-refractivity contribution >= 4 is 11.9 Å². The lowest BCUT2D eigenvalue weighted by Gasteiger charge is -2.34. The molecule has 0 radical (unpaired) electrons. The molecule has 1 fully saturated rings. The summed E-state index contributed by atoms with van der Waals surface area (Å²) < 4.78 is 40.0. The third kappa shape index (κ3) is 3.76. The SMILES string of the molecule is CC(=O)OC1O[C@H](C)C(=C(F)F)C[C@H]1OC(C)=O. The number of hydrogen-bond acceptors (Lipinski definition) is 5. The van der Waals surface area contributed by atoms with Crippen LogP contribution >= 0.6 is 0 Å². The maximum Gasteiger partial charge on any atom is 0.305 e. The van der Waals surface area contributed by atoms with E-state index in [1.54, 1.807) is 0 Å². The predicted molar refractivity (Wildman–Crippen MR) is 55.5 cm³/mol. The van der Waals surface area contributed by atoms with Crippen LogP contribution in [0.4, 0.5) is 8.78 Å². The Morgan fingerprint density at radius 1 is 1.22 bits per heavy atom. The van der Waals surface area contributed by atoms with Crippen LogP contribution in [0.25, 0.3) is 0 Å². The number of ether oxygens (including phenoxy) is 3. The van der Waals surface area contributed by atoms with E-state index in [0.29, 0.717) is 0 Å². The number of esters is 2. The summed E-state index contributed by atoms with van der Waals surface area (Å²) >= 11 is 0. The topological polar surface area (TPSA) is 61.8 Å². The second-order valence-corrected chi connectivity index (χ2v) is 3.89. The van der Waals surface area contributed by atoms with Crippen LogP contribution in [0.3, 0.4) is 0 Å². The van der Waals surface area contributed by atoms with Crippen molar-refractivity contribution in [1.82, 2.24) is 0 Å². The lowest BCUT2D eigenvalue weighted by Crippen LogP contribution is -2.44. The Hall–Kier alpha value is -1.50. The molecule has 0 aliphatic carbocycles. The van der Waals surface area contributed by atoms with Crippen molar-refractivity contribution in [3.63, 3.8) is 0 Å². The molecule has 7 heteroatoms. The van der Waals surface area contributed by atoms with Gasteiger partial charge in [-0.3, -0.25) is 9.59 Å². The highest BCUT2D eigenvalue weighted by Crippen LogP contribution is 2.30. The first-order valence-electron chi connectivity index (χ1n) is 5.35. The number of carbonyl (C=O) groups excluding carboxylic acids is 2. The molecule has 0 saturated carbocycles. The normalized spacial score (nSPS) is 27.6. The van der Waals surface area contributed by atoms with Crippen LogP contribution in [0.15, 0.2) is 11.7 Å². The molecule has 0 spiro atoms. The van der Waals surface area contributed by atoms with Crippen LogP contribution in [0, 0.1) is 0 Å². The molecule has 0 N–H and O–H groups in total. The van der Waals surface area contributed by atoms with Gasteiger partial charge in [-0.25, -0.2) is 0 Å². The first-order valence-corrected chi connectivity index (χ1v) is 5.35. The van der Waals surface area contributed by atoms with Crippen LogP contribution in [0.5, 0.6) is 0 Å². The molecule has 1 aliphatic heterocycles. The van der Waals surface area contributed by atoms with E-state index in [-0.39, 0.29) is 12.0 Å². The molecule has 1 heterocycles. The average molecular weight is 264 g/mol. The summed E-state index contributed by atoms with van der Waals surface area (Å²) in [5.74, 6) is -1.30. The van der Waals surface area contributed by atoms with Crippen molar-refractivity contribution in [2.24, 2.45) is 0 Å². The lowest BCUT2D eigenvalue weighted by atomic mass is 10.0. The quantitative estimate of drug-likeness (QED) is 0.711. The maximum absolute atomic E-state index is 12.6. The Labute approximate surface area is 103 Å². The number of halogens is 2. The molecule has 0 aromatic heterocycles. The fraction of sp³-hybridized carbons (Fsp3) is 0.636. The fourth-order valence-corrected chi connectivity index (χ4v) is 1.66. The van der Waals surface area contributed by atoms with Gasteiger partial charge in [-0.05, 0) is 6.92 Å². The van der Waals surface area contributed by atoms with Crippen molar-refractivity contribution in [3.05, 3.63) is 11.7 Å². The highest BCUT2D eigenvalue weighted by Gasteiger charge is 2.38. The van der Waals surface area contributed by atoms with Gasteiger partial charge in [0.15, 0.2) is 6.10 Å². The molecule has 1 saturated heterocycles. The van der Waals surface area contributed by atoms with Gasteiger partial charge >= 0.3 is 11.9 Å². The van der Waals surface area contributed by atoms with Crippen molar-refractivity contribution in [3.8, 4) is 0 Å². The standard InChI is InChI=1S/C11H14F2O5/c1-5-8(10(12)13)4-9(17-6(2)14)11(16-5)18-7(3)15/h5,9,11H,4H2,1-3H3/t5-,9-,11?/m1/s1. The van der Waals surface area contributed by atoms with Crippen LogP contribution < -0.4 is 0 Å². The summed E-state index contributed by atoms with van der Waals surface area (Å²) in [6, 6.07) is 0. The summed E-state index contributed by atoms with van der Waals surface area (Å²) in [4.78, 5) is 21.7. The lowest BCUT2D eigenvalue weighted by molar-refractivity contribution is -0.228. The summed E-state index contributed by atoms with van der Waals surface area (Å²) in [6.45, 7) is 3.70. The largest absolute Gasteiger partial charge is 0.456 e. The van der Waals surface area contributed by atoms with E-state index < -0.39 is 36.5 Å². The van der Waals surface area contributed by atoms with E-state index in [9.17, 15) is 18.4 Å². The Morgan fingerprint density at radius 2 is 1.78 bits per heavy atom. The van der Waals surface area contributed by atoms with Crippen molar-refractivity contribution < 1.29 is 32.6 Å². The molecule has 5 nitrogen and oxygen atoms in total. The van der Waals surface area contributed by atoms with Gasteiger partial charge in [0.2, 0.25) is 6.29 Å². The van der Waals surface area contributed by atoms with Crippen molar-refractivity contribution in [2.45, 2.75) is 45.7 Å². The molecule has 0 amide bonds. The van der Waals surface area contributed by atoms with Gasteiger partial charge in [0.25, 0.3) is 6.08 Å². The molecule has 1 rings (SSSR count). The van der Waals surface area contributed by atoms with Crippen LogP contribution in [0.2, 0.25) is 0 Å². The molecule has 0 bridgehead atoms. The second-order valence-electron chi connectivity index (χ2n) is 3.89. The van der Waals surface area contributed by atoms with E-state index in [1.165, 1.54) is 6.92 Å². The Kier molecular flexibility index (Phi) is 4.77.